The van der Waals surface area contributed by atoms with E-state index in [-0.39, 0.29) is 0 Å². The molecule has 0 bridgehead atoms. The molecule has 0 aliphatic carbocycles. The molecule has 4 N–H and O–H groups in total. The number of carbonyl (C=O) groups is 1. The number of rotatable bonds is 4. The number of benzene rings is 1. The number of nitrogens with two attached hydrogens (primary N) is 2. The summed E-state index contributed by atoms with van der Waals surface area (Å²) < 4.78 is 0. The summed E-state index contributed by atoms with van der Waals surface area (Å²) in [5, 5.41) is 0.422. The lowest BCUT2D eigenvalue weighted by Crippen LogP contribution is -2.36. The van der Waals surface area contributed by atoms with E-state index in [0.717, 1.165) is 31.7 Å². The van der Waals surface area contributed by atoms with Gasteiger partial charge in [0.1, 0.15) is 0 Å². The first-order chi connectivity index (χ1) is 9.11. The molecule has 1 aliphatic heterocycles. The van der Waals surface area contributed by atoms with Crippen LogP contribution in [0.3, 0.4) is 0 Å². The molecule has 0 saturated carbocycles. The Morgan fingerprint density at radius 3 is 2.89 bits per heavy atom. The van der Waals surface area contributed by atoms with Gasteiger partial charge in [0.05, 0.1) is 10.6 Å². The molecule has 2 rings (SSSR count). The fourth-order valence-corrected chi connectivity index (χ4v) is 2.94. The highest BCUT2D eigenvalue weighted by molar-refractivity contribution is 6.34. The fourth-order valence-electron chi connectivity index (χ4n) is 2.67. The number of carbonyl (C=O) groups excluding carboxylic acids is 1. The first kappa shape index (κ1) is 14.2. The maximum absolute atomic E-state index is 11.2. The first-order valence-corrected chi connectivity index (χ1v) is 7.04. The SMILES string of the molecule is NCCC1CCCN(c2ccc(C(N)=O)c(Cl)c2)C1. The van der Waals surface area contributed by atoms with Crippen molar-refractivity contribution in [1.29, 1.82) is 0 Å². The molecule has 0 radical (unpaired) electrons. The van der Waals surface area contributed by atoms with Crippen molar-refractivity contribution >= 4 is 23.2 Å². The van der Waals surface area contributed by atoms with Crippen molar-refractivity contribution in [2.45, 2.75) is 19.3 Å². The average Bonchev–Trinajstić information content (AvgIpc) is 2.39. The summed E-state index contributed by atoms with van der Waals surface area (Å²) in [6, 6.07) is 5.44. The van der Waals surface area contributed by atoms with Gasteiger partial charge in [0, 0.05) is 18.8 Å². The Morgan fingerprint density at radius 1 is 1.47 bits per heavy atom. The third kappa shape index (κ3) is 3.39. The van der Waals surface area contributed by atoms with Gasteiger partial charge < -0.3 is 16.4 Å². The number of amides is 1. The molecule has 1 aliphatic rings. The number of piperidine rings is 1. The van der Waals surface area contributed by atoms with Gasteiger partial charge in [0.15, 0.2) is 0 Å². The zero-order valence-corrected chi connectivity index (χ0v) is 11.7. The highest BCUT2D eigenvalue weighted by Crippen LogP contribution is 2.28. The van der Waals surface area contributed by atoms with Gasteiger partial charge in [0.25, 0.3) is 0 Å². The van der Waals surface area contributed by atoms with Crippen molar-refractivity contribution in [2.75, 3.05) is 24.5 Å². The van der Waals surface area contributed by atoms with Crippen LogP contribution in [0.15, 0.2) is 18.2 Å². The minimum Gasteiger partial charge on any atom is -0.371 e. The van der Waals surface area contributed by atoms with Gasteiger partial charge in [-0.3, -0.25) is 4.79 Å². The Hall–Kier alpha value is -1.26. The summed E-state index contributed by atoms with van der Waals surface area (Å²) in [5.41, 5.74) is 12.3. The third-order valence-electron chi connectivity index (χ3n) is 3.68. The topological polar surface area (TPSA) is 72.3 Å². The highest BCUT2D eigenvalue weighted by Gasteiger charge is 2.20. The number of anilines is 1. The van der Waals surface area contributed by atoms with Crippen molar-refractivity contribution in [3.8, 4) is 0 Å². The Labute approximate surface area is 118 Å². The Morgan fingerprint density at radius 2 is 2.26 bits per heavy atom. The largest absolute Gasteiger partial charge is 0.371 e. The number of halogens is 1. The number of nitrogens with zero attached hydrogens (tertiary/aromatic N) is 1. The predicted molar refractivity (Wildman–Crippen MR) is 78.6 cm³/mol. The van der Waals surface area contributed by atoms with Gasteiger partial charge >= 0.3 is 0 Å². The second-order valence-electron chi connectivity index (χ2n) is 5.06. The molecule has 19 heavy (non-hydrogen) atoms. The van der Waals surface area contributed by atoms with E-state index in [1.54, 1.807) is 6.07 Å². The maximum atomic E-state index is 11.2. The predicted octanol–water partition coefficient (Wildman–Crippen LogP) is 2.00. The van der Waals surface area contributed by atoms with Crippen LogP contribution in [0.4, 0.5) is 5.69 Å². The molecule has 1 heterocycles. The van der Waals surface area contributed by atoms with Crippen molar-refractivity contribution in [3.05, 3.63) is 28.8 Å². The molecule has 1 aromatic rings. The average molecular weight is 282 g/mol. The van der Waals surface area contributed by atoms with Crippen molar-refractivity contribution in [1.82, 2.24) is 0 Å². The molecule has 104 valence electrons. The van der Waals surface area contributed by atoms with Crippen LogP contribution in [-0.4, -0.2) is 25.5 Å². The monoisotopic (exact) mass is 281 g/mol. The van der Waals surface area contributed by atoms with Crippen LogP contribution in [0.1, 0.15) is 29.6 Å². The number of primary amides is 1. The van der Waals surface area contributed by atoms with Crippen LogP contribution >= 0.6 is 11.6 Å². The van der Waals surface area contributed by atoms with Crippen molar-refractivity contribution in [2.24, 2.45) is 17.4 Å². The minimum absolute atomic E-state index is 0.376. The lowest BCUT2D eigenvalue weighted by molar-refractivity contribution is 0.100. The summed E-state index contributed by atoms with van der Waals surface area (Å²) in [7, 11) is 0. The zero-order valence-electron chi connectivity index (χ0n) is 10.9. The summed E-state index contributed by atoms with van der Waals surface area (Å²) >= 11 is 6.09. The van der Waals surface area contributed by atoms with E-state index in [1.165, 1.54) is 12.8 Å². The molecule has 5 heteroatoms. The van der Waals surface area contributed by atoms with Gasteiger partial charge in [-0.1, -0.05) is 11.6 Å². The maximum Gasteiger partial charge on any atom is 0.250 e. The van der Waals surface area contributed by atoms with Gasteiger partial charge in [-0.25, -0.2) is 0 Å². The standard InChI is InChI=1S/C14H20ClN3O/c15-13-8-11(3-4-12(13)14(17)19)18-7-1-2-10(9-18)5-6-16/h3-4,8,10H,1-2,5-7,9,16H2,(H2,17,19). The molecule has 1 atom stereocenters. The summed E-state index contributed by atoms with van der Waals surface area (Å²) in [5.74, 6) is 0.157. The first-order valence-electron chi connectivity index (χ1n) is 6.66. The van der Waals surface area contributed by atoms with Gasteiger partial charge in [-0.2, -0.15) is 0 Å². The second-order valence-corrected chi connectivity index (χ2v) is 5.47. The second kappa shape index (κ2) is 6.26. The van der Waals surface area contributed by atoms with Gasteiger partial charge in [-0.05, 0) is 49.9 Å². The molecule has 1 unspecified atom stereocenters. The van der Waals surface area contributed by atoms with E-state index in [9.17, 15) is 4.79 Å². The van der Waals surface area contributed by atoms with Crippen LogP contribution in [0, 0.1) is 5.92 Å². The quantitative estimate of drug-likeness (QED) is 0.887. The van der Waals surface area contributed by atoms with E-state index in [0.29, 0.717) is 16.5 Å². The summed E-state index contributed by atoms with van der Waals surface area (Å²) in [4.78, 5) is 13.5. The molecular formula is C14H20ClN3O. The third-order valence-corrected chi connectivity index (χ3v) is 3.99. The number of hydrogen-bond donors (Lipinski definition) is 2. The minimum atomic E-state index is -0.490. The Kier molecular flexibility index (Phi) is 4.66. The normalized spacial score (nSPS) is 19.5. The highest BCUT2D eigenvalue weighted by atomic mass is 35.5. The van der Waals surface area contributed by atoms with Gasteiger partial charge in [0.2, 0.25) is 5.91 Å². The summed E-state index contributed by atoms with van der Waals surface area (Å²) in [6.45, 7) is 2.76. The molecule has 1 aromatic carbocycles. The number of hydrogen-bond acceptors (Lipinski definition) is 3. The van der Waals surface area contributed by atoms with E-state index in [2.05, 4.69) is 4.90 Å². The van der Waals surface area contributed by atoms with Crippen LogP contribution in [0.25, 0.3) is 0 Å². The Balaban J connectivity index is 2.13. The lowest BCUT2D eigenvalue weighted by Gasteiger charge is -2.34. The Bertz CT molecular complexity index is 462. The van der Waals surface area contributed by atoms with Crippen molar-refractivity contribution in [3.63, 3.8) is 0 Å². The van der Waals surface area contributed by atoms with Crippen LogP contribution < -0.4 is 16.4 Å². The zero-order chi connectivity index (χ0) is 13.8. The molecule has 1 fully saturated rings. The lowest BCUT2D eigenvalue weighted by atomic mass is 9.94. The molecule has 1 saturated heterocycles. The van der Waals surface area contributed by atoms with E-state index in [4.69, 9.17) is 23.1 Å². The molecule has 0 aromatic heterocycles. The van der Waals surface area contributed by atoms with E-state index < -0.39 is 5.91 Å². The fraction of sp³-hybridized carbons (Fsp3) is 0.500. The molecule has 4 nitrogen and oxygen atoms in total. The van der Waals surface area contributed by atoms with Crippen LogP contribution in [0.2, 0.25) is 5.02 Å². The molecule has 1 amide bonds. The van der Waals surface area contributed by atoms with Crippen LogP contribution in [-0.2, 0) is 0 Å². The van der Waals surface area contributed by atoms with Crippen LogP contribution in [0.5, 0.6) is 0 Å². The summed E-state index contributed by atoms with van der Waals surface area (Å²) in [6.07, 6.45) is 3.46. The van der Waals surface area contributed by atoms with E-state index >= 15 is 0 Å². The van der Waals surface area contributed by atoms with Crippen molar-refractivity contribution < 1.29 is 4.79 Å². The molecule has 0 spiro atoms. The van der Waals surface area contributed by atoms with E-state index in [1.807, 2.05) is 12.1 Å². The molecular weight excluding hydrogens is 262 g/mol. The smallest absolute Gasteiger partial charge is 0.250 e. The van der Waals surface area contributed by atoms with Gasteiger partial charge in [-0.15, -0.1) is 0 Å².